The Morgan fingerprint density at radius 3 is 2.55 bits per heavy atom. The zero-order chi connectivity index (χ0) is 14.4. The van der Waals surface area contributed by atoms with E-state index >= 15 is 0 Å². The Morgan fingerprint density at radius 1 is 1.10 bits per heavy atom. The summed E-state index contributed by atoms with van der Waals surface area (Å²) < 4.78 is 5.29. The number of hydrogen-bond donors (Lipinski definition) is 1. The highest BCUT2D eigenvalue weighted by atomic mass is 16.3. The Morgan fingerprint density at radius 2 is 1.95 bits per heavy atom. The Labute approximate surface area is 122 Å². The molecule has 0 saturated heterocycles. The average molecular weight is 271 g/mol. The quantitative estimate of drug-likeness (QED) is 0.802. The fourth-order valence-electron chi connectivity index (χ4n) is 2.59. The van der Waals surface area contributed by atoms with E-state index in [4.69, 9.17) is 4.42 Å². The molecule has 20 heavy (non-hydrogen) atoms. The van der Waals surface area contributed by atoms with Crippen molar-refractivity contribution in [3.63, 3.8) is 0 Å². The minimum atomic E-state index is 0.232. The van der Waals surface area contributed by atoms with Crippen LogP contribution in [0.5, 0.6) is 0 Å². The maximum absolute atomic E-state index is 5.29. The number of furan rings is 1. The van der Waals surface area contributed by atoms with Crippen molar-refractivity contribution in [2.24, 2.45) is 0 Å². The van der Waals surface area contributed by atoms with Crippen LogP contribution < -0.4 is 5.32 Å². The first kappa shape index (κ1) is 14.9. The van der Waals surface area contributed by atoms with Gasteiger partial charge < -0.3 is 9.73 Å². The number of hydrogen-bond acceptors (Lipinski definition) is 2. The van der Waals surface area contributed by atoms with Gasteiger partial charge in [-0.25, -0.2) is 0 Å². The lowest BCUT2D eigenvalue weighted by Crippen LogP contribution is -2.24. The van der Waals surface area contributed by atoms with E-state index in [1.807, 2.05) is 6.26 Å². The number of rotatable bonds is 7. The summed E-state index contributed by atoms with van der Waals surface area (Å²) in [6.45, 7) is 7.63. The minimum Gasteiger partial charge on any atom is -0.472 e. The molecule has 0 saturated carbocycles. The SMILES string of the molecule is CCCNC(c1ccoc1)c1cc(CC)ccc1CC. The van der Waals surface area contributed by atoms with E-state index in [9.17, 15) is 0 Å². The molecule has 108 valence electrons. The summed E-state index contributed by atoms with van der Waals surface area (Å²) in [6.07, 6.45) is 6.87. The van der Waals surface area contributed by atoms with Crippen molar-refractivity contribution in [3.8, 4) is 0 Å². The summed E-state index contributed by atoms with van der Waals surface area (Å²) in [5, 5.41) is 3.65. The molecule has 1 N–H and O–H groups in total. The lowest BCUT2D eigenvalue weighted by Gasteiger charge is -2.21. The molecule has 2 aromatic rings. The van der Waals surface area contributed by atoms with Crippen LogP contribution in [-0.4, -0.2) is 6.54 Å². The molecule has 1 aromatic heterocycles. The summed E-state index contributed by atoms with van der Waals surface area (Å²) >= 11 is 0. The predicted octanol–water partition coefficient (Wildman–Crippen LogP) is 4.49. The first-order valence-electron chi connectivity index (χ1n) is 7.67. The fourth-order valence-corrected chi connectivity index (χ4v) is 2.59. The Bertz CT molecular complexity index is 516. The molecule has 1 atom stereocenters. The van der Waals surface area contributed by atoms with E-state index in [1.54, 1.807) is 6.26 Å². The van der Waals surface area contributed by atoms with E-state index in [0.29, 0.717) is 0 Å². The van der Waals surface area contributed by atoms with Crippen LogP contribution in [0.2, 0.25) is 0 Å². The van der Waals surface area contributed by atoms with Gasteiger partial charge >= 0.3 is 0 Å². The molecule has 1 heterocycles. The van der Waals surface area contributed by atoms with Crippen LogP contribution in [0.4, 0.5) is 0 Å². The van der Waals surface area contributed by atoms with E-state index in [2.05, 4.69) is 50.4 Å². The Kier molecular flexibility index (Phi) is 5.42. The first-order valence-corrected chi connectivity index (χ1v) is 7.67. The maximum atomic E-state index is 5.29. The molecule has 1 unspecified atom stereocenters. The van der Waals surface area contributed by atoms with Crippen molar-refractivity contribution in [1.29, 1.82) is 0 Å². The largest absolute Gasteiger partial charge is 0.472 e. The molecular weight excluding hydrogens is 246 g/mol. The summed E-state index contributed by atoms with van der Waals surface area (Å²) in [5.41, 5.74) is 5.41. The van der Waals surface area contributed by atoms with Gasteiger partial charge in [0.15, 0.2) is 0 Å². The molecule has 0 aliphatic heterocycles. The van der Waals surface area contributed by atoms with Gasteiger partial charge in [0.2, 0.25) is 0 Å². The summed E-state index contributed by atoms with van der Waals surface area (Å²) in [7, 11) is 0. The Hall–Kier alpha value is -1.54. The van der Waals surface area contributed by atoms with E-state index < -0.39 is 0 Å². The van der Waals surface area contributed by atoms with Crippen molar-refractivity contribution in [2.75, 3.05) is 6.54 Å². The number of benzene rings is 1. The molecule has 2 nitrogen and oxygen atoms in total. The van der Waals surface area contributed by atoms with Gasteiger partial charge in [0, 0.05) is 5.56 Å². The average Bonchev–Trinajstić information content (AvgIpc) is 3.01. The third kappa shape index (κ3) is 3.31. The fraction of sp³-hybridized carbons (Fsp3) is 0.444. The molecule has 0 spiro atoms. The molecule has 0 bridgehead atoms. The molecule has 0 radical (unpaired) electrons. The Balaban J connectivity index is 2.41. The lowest BCUT2D eigenvalue weighted by molar-refractivity contribution is 0.547. The third-order valence-electron chi connectivity index (χ3n) is 3.79. The second-order valence-corrected chi connectivity index (χ2v) is 5.18. The predicted molar refractivity (Wildman–Crippen MR) is 84.0 cm³/mol. The molecule has 1 aromatic carbocycles. The van der Waals surface area contributed by atoms with Gasteiger partial charge in [0.1, 0.15) is 0 Å². The highest BCUT2D eigenvalue weighted by molar-refractivity contribution is 5.39. The van der Waals surface area contributed by atoms with Crippen LogP contribution >= 0.6 is 0 Å². The molecule has 0 aliphatic carbocycles. The highest BCUT2D eigenvalue weighted by Gasteiger charge is 2.17. The second kappa shape index (κ2) is 7.30. The van der Waals surface area contributed by atoms with Crippen molar-refractivity contribution >= 4 is 0 Å². The normalized spacial score (nSPS) is 12.6. The van der Waals surface area contributed by atoms with Gasteiger partial charge in [-0.05, 0) is 48.6 Å². The first-order chi connectivity index (χ1) is 9.80. The zero-order valence-electron chi connectivity index (χ0n) is 12.8. The van der Waals surface area contributed by atoms with E-state index in [-0.39, 0.29) is 6.04 Å². The summed E-state index contributed by atoms with van der Waals surface area (Å²) in [6, 6.07) is 9.16. The molecule has 0 aliphatic rings. The van der Waals surface area contributed by atoms with Gasteiger partial charge in [-0.1, -0.05) is 39.0 Å². The summed E-state index contributed by atoms with van der Waals surface area (Å²) in [4.78, 5) is 0. The number of nitrogens with one attached hydrogen (secondary N) is 1. The van der Waals surface area contributed by atoms with Crippen LogP contribution in [0.25, 0.3) is 0 Å². The topological polar surface area (TPSA) is 25.2 Å². The molecule has 2 heteroatoms. The number of aryl methyl sites for hydroxylation is 2. The van der Waals surface area contributed by atoms with Crippen LogP contribution in [0.15, 0.2) is 41.2 Å². The molecule has 0 fully saturated rings. The van der Waals surface area contributed by atoms with Crippen LogP contribution in [0.1, 0.15) is 55.5 Å². The van der Waals surface area contributed by atoms with Crippen molar-refractivity contribution < 1.29 is 4.42 Å². The zero-order valence-corrected chi connectivity index (χ0v) is 12.8. The lowest BCUT2D eigenvalue weighted by atomic mass is 9.92. The summed E-state index contributed by atoms with van der Waals surface area (Å²) in [5.74, 6) is 0. The van der Waals surface area contributed by atoms with Gasteiger partial charge in [0.05, 0.1) is 18.6 Å². The van der Waals surface area contributed by atoms with E-state index in [0.717, 1.165) is 25.8 Å². The second-order valence-electron chi connectivity index (χ2n) is 5.18. The van der Waals surface area contributed by atoms with Crippen molar-refractivity contribution in [1.82, 2.24) is 5.32 Å². The van der Waals surface area contributed by atoms with Crippen molar-refractivity contribution in [3.05, 3.63) is 59.0 Å². The minimum absolute atomic E-state index is 0.232. The van der Waals surface area contributed by atoms with Gasteiger partial charge in [-0.2, -0.15) is 0 Å². The highest BCUT2D eigenvalue weighted by Crippen LogP contribution is 2.27. The van der Waals surface area contributed by atoms with E-state index in [1.165, 1.54) is 22.3 Å². The molecule has 0 amide bonds. The van der Waals surface area contributed by atoms with Gasteiger partial charge in [-0.15, -0.1) is 0 Å². The van der Waals surface area contributed by atoms with Crippen LogP contribution in [0.3, 0.4) is 0 Å². The third-order valence-corrected chi connectivity index (χ3v) is 3.79. The van der Waals surface area contributed by atoms with Crippen molar-refractivity contribution in [2.45, 2.75) is 46.1 Å². The molecular formula is C18H25NO. The smallest absolute Gasteiger partial charge is 0.0953 e. The van der Waals surface area contributed by atoms with Crippen LogP contribution in [0, 0.1) is 0 Å². The standard InChI is InChI=1S/C18H25NO/c1-4-10-19-18(16-9-11-20-13-16)17-12-14(5-2)7-8-15(17)6-3/h7-9,11-13,18-19H,4-6,10H2,1-3H3. The molecule has 2 rings (SSSR count). The van der Waals surface area contributed by atoms with Crippen LogP contribution in [-0.2, 0) is 12.8 Å². The maximum Gasteiger partial charge on any atom is 0.0953 e. The monoisotopic (exact) mass is 271 g/mol. The van der Waals surface area contributed by atoms with Gasteiger partial charge in [0.25, 0.3) is 0 Å². The van der Waals surface area contributed by atoms with Gasteiger partial charge in [-0.3, -0.25) is 0 Å².